The summed E-state index contributed by atoms with van der Waals surface area (Å²) in [6.45, 7) is 1.29. The Morgan fingerprint density at radius 3 is 1.62 bits per heavy atom. The molecule has 0 radical (unpaired) electrons. The summed E-state index contributed by atoms with van der Waals surface area (Å²) in [6, 6.07) is 12.1. The van der Waals surface area contributed by atoms with Crippen molar-refractivity contribution < 1.29 is 24.6 Å². The Kier molecular flexibility index (Phi) is 10.2. The minimum Gasteiger partial charge on any atom is -0.480 e. The van der Waals surface area contributed by atoms with Gasteiger partial charge in [-0.25, -0.2) is 4.79 Å². The van der Waals surface area contributed by atoms with Crippen LogP contribution in [-0.2, 0) is 27.2 Å². The van der Waals surface area contributed by atoms with E-state index in [9.17, 15) is 14.4 Å². The van der Waals surface area contributed by atoms with Crippen molar-refractivity contribution >= 4 is 41.0 Å². The minimum atomic E-state index is -1.05. The second kappa shape index (κ2) is 12.1. The highest BCUT2D eigenvalue weighted by Crippen LogP contribution is 2.12. The molecule has 0 saturated carbocycles. The second-order valence-electron chi connectivity index (χ2n) is 6.20. The molecule has 0 aliphatic rings. The molecule has 1 amide bonds. The Balaban J connectivity index is 0.000000296. The van der Waals surface area contributed by atoms with Gasteiger partial charge in [-0.05, 0) is 41.8 Å². The SMILES string of the molecule is CC(=O)NC(Cc1ccc(Cl)cc1)C(=O)O.N[C@@H](Cc1ccc(Cl)cc1)C(=O)O. The van der Waals surface area contributed by atoms with Crippen LogP contribution in [0.25, 0.3) is 0 Å². The van der Waals surface area contributed by atoms with Crippen molar-refractivity contribution in [3.8, 4) is 0 Å². The number of carbonyl (C=O) groups is 3. The van der Waals surface area contributed by atoms with E-state index in [1.165, 1.54) is 6.92 Å². The molecule has 5 N–H and O–H groups in total. The molecule has 2 rings (SSSR count). The zero-order valence-electron chi connectivity index (χ0n) is 15.6. The van der Waals surface area contributed by atoms with Crippen LogP contribution in [0, 0.1) is 0 Å². The molecule has 9 heteroatoms. The molecular weight excluding hydrogens is 419 g/mol. The van der Waals surface area contributed by atoms with Crippen LogP contribution in [-0.4, -0.2) is 40.1 Å². The number of hydrogen-bond donors (Lipinski definition) is 4. The molecule has 0 fully saturated rings. The molecule has 0 heterocycles. The Bertz CT molecular complexity index is 826. The maximum Gasteiger partial charge on any atom is 0.326 e. The first-order valence-corrected chi connectivity index (χ1v) is 9.31. The van der Waals surface area contributed by atoms with Crippen molar-refractivity contribution in [2.45, 2.75) is 31.8 Å². The molecule has 0 aliphatic carbocycles. The van der Waals surface area contributed by atoms with Crippen LogP contribution in [0.15, 0.2) is 48.5 Å². The third-order valence-corrected chi connectivity index (χ3v) is 4.22. The van der Waals surface area contributed by atoms with E-state index in [4.69, 9.17) is 39.1 Å². The lowest BCUT2D eigenvalue weighted by Gasteiger charge is -2.13. The van der Waals surface area contributed by atoms with Gasteiger partial charge in [0.1, 0.15) is 12.1 Å². The monoisotopic (exact) mass is 440 g/mol. The highest BCUT2D eigenvalue weighted by Gasteiger charge is 2.18. The summed E-state index contributed by atoms with van der Waals surface area (Å²) in [5.41, 5.74) is 7.04. The fourth-order valence-corrected chi connectivity index (χ4v) is 2.52. The summed E-state index contributed by atoms with van der Waals surface area (Å²) >= 11 is 11.4. The highest BCUT2D eigenvalue weighted by molar-refractivity contribution is 6.30. The standard InChI is InChI=1S/C11H12ClNO3.C9H10ClNO2/c1-7(14)13-10(11(15)16)6-8-2-4-9(12)5-3-8;10-7-3-1-6(2-4-7)5-8(11)9(12)13/h2-5,10H,6H2,1H3,(H,13,14)(H,15,16);1-4,8H,5,11H2,(H,12,13)/t;8-/m.0/s1. The molecule has 0 bridgehead atoms. The van der Waals surface area contributed by atoms with Crippen molar-refractivity contribution in [3.63, 3.8) is 0 Å². The number of benzene rings is 2. The van der Waals surface area contributed by atoms with Gasteiger partial charge in [-0.1, -0.05) is 47.5 Å². The Labute approximate surface area is 178 Å². The van der Waals surface area contributed by atoms with Crippen LogP contribution >= 0.6 is 23.2 Å². The van der Waals surface area contributed by atoms with Gasteiger partial charge < -0.3 is 21.3 Å². The van der Waals surface area contributed by atoms with Crippen molar-refractivity contribution in [3.05, 3.63) is 69.7 Å². The van der Waals surface area contributed by atoms with E-state index in [-0.39, 0.29) is 12.3 Å². The Morgan fingerprint density at radius 1 is 0.862 bits per heavy atom. The molecular formula is C20H22Cl2N2O5. The molecule has 2 aromatic rings. The number of nitrogens with two attached hydrogens (primary N) is 1. The summed E-state index contributed by atoms with van der Waals surface area (Å²) < 4.78 is 0. The maximum absolute atomic E-state index is 10.9. The third kappa shape index (κ3) is 9.94. The summed E-state index contributed by atoms with van der Waals surface area (Å²) in [5, 5.41) is 21.0. The average Bonchev–Trinajstić information content (AvgIpc) is 2.65. The van der Waals surface area contributed by atoms with Crippen molar-refractivity contribution in [2.75, 3.05) is 0 Å². The third-order valence-electron chi connectivity index (χ3n) is 3.71. The van der Waals surface area contributed by atoms with Gasteiger partial charge in [0.2, 0.25) is 5.91 Å². The molecule has 2 aromatic carbocycles. The second-order valence-corrected chi connectivity index (χ2v) is 7.07. The molecule has 2 atom stereocenters. The first kappa shape index (κ1) is 24.4. The van der Waals surface area contributed by atoms with Gasteiger partial charge in [-0.3, -0.25) is 9.59 Å². The molecule has 0 saturated heterocycles. The number of rotatable bonds is 7. The summed E-state index contributed by atoms with van der Waals surface area (Å²) in [4.78, 5) is 32.1. The lowest BCUT2D eigenvalue weighted by molar-refractivity contribution is -0.141. The van der Waals surface area contributed by atoms with E-state index in [0.29, 0.717) is 16.5 Å². The largest absolute Gasteiger partial charge is 0.480 e. The summed E-state index contributed by atoms with van der Waals surface area (Å²) in [6.07, 6.45) is 0.568. The minimum absolute atomic E-state index is 0.242. The number of carboxylic acids is 2. The zero-order valence-corrected chi connectivity index (χ0v) is 17.2. The first-order valence-electron chi connectivity index (χ1n) is 8.55. The molecule has 29 heavy (non-hydrogen) atoms. The summed E-state index contributed by atoms with van der Waals surface area (Å²) in [7, 11) is 0. The predicted octanol–water partition coefficient (Wildman–Crippen LogP) is 2.77. The van der Waals surface area contributed by atoms with Crippen LogP contribution in [0.5, 0.6) is 0 Å². The Hall–Kier alpha value is -2.61. The smallest absolute Gasteiger partial charge is 0.326 e. The molecule has 156 valence electrons. The number of halogens is 2. The van der Waals surface area contributed by atoms with Crippen LogP contribution in [0.2, 0.25) is 10.0 Å². The first-order chi connectivity index (χ1) is 13.6. The topological polar surface area (TPSA) is 130 Å². The van der Waals surface area contributed by atoms with Crippen molar-refractivity contribution in [1.82, 2.24) is 5.32 Å². The fraction of sp³-hybridized carbons (Fsp3) is 0.250. The molecule has 0 spiro atoms. The van der Waals surface area contributed by atoms with Crippen LogP contribution in [0.4, 0.5) is 0 Å². The number of amides is 1. The normalized spacial score (nSPS) is 12.1. The van der Waals surface area contributed by atoms with E-state index in [0.717, 1.165) is 11.1 Å². The van der Waals surface area contributed by atoms with Crippen molar-refractivity contribution in [1.29, 1.82) is 0 Å². The number of hydrogen-bond acceptors (Lipinski definition) is 4. The van der Waals surface area contributed by atoms with Gasteiger partial charge in [0.25, 0.3) is 0 Å². The van der Waals surface area contributed by atoms with E-state index in [2.05, 4.69) is 5.32 Å². The number of aliphatic carboxylic acids is 2. The van der Waals surface area contributed by atoms with Crippen LogP contribution < -0.4 is 11.1 Å². The van der Waals surface area contributed by atoms with Crippen LogP contribution in [0.3, 0.4) is 0 Å². The number of carboxylic acid groups (broad SMARTS) is 2. The number of carbonyl (C=O) groups excluding carboxylic acids is 1. The average molecular weight is 441 g/mol. The van der Waals surface area contributed by atoms with Gasteiger partial charge in [-0.2, -0.15) is 0 Å². The molecule has 1 unspecified atom stereocenters. The Morgan fingerprint density at radius 2 is 1.28 bits per heavy atom. The van der Waals surface area contributed by atoms with E-state index in [1.807, 2.05) is 0 Å². The van der Waals surface area contributed by atoms with Gasteiger partial charge in [0, 0.05) is 23.4 Å². The van der Waals surface area contributed by atoms with Gasteiger partial charge in [-0.15, -0.1) is 0 Å². The van der Waals surface area contributed by atoms with E-state index in [1.54, 1.807) is 48.5 Å². The van der Waals surface area contributed by atoms with Crippen LogP contribution in [0.1, 0.15) is 18.1 Å². The molecule has 0 aliphatic heterocycles. The zero-order chi connectivity index (χ0) is 22.0. The highest BCUT2D eigenvalue weighted by atomic mass is 35.5. The van der Waals surface area contributed by atoms with E-state index < -0.39 is 24.0 Å². The van der Waals surface area contributed by atoms with Gasteiger partial charge >= 0.3 is 11.9 Å². The molecule has 0 aromatic heterocycles. The van der Waals surface area contributed by atoms with Gasteiger partial charge in [0.05, 0.1) is 0 Å². The number of nitrogens with one attached hydrogen (secondary N) is 1. The summed E-state index contributed by atoms with van der Waals surface area (Å²) in [5.74, 6) is -2.40. The van der Waals surface area contributed by atoms with E-state index >= 15 is 0 Å². The molecule has 7 nitrogen and oxygen atoms in total. The fourth-order valence-electron chi connectivity index (χ4n) is 2.26. The maximum atomic E-state index is 10.9. The van der Waals surface area contributed by atoms with Gasteiger partial charge in [0.15, 0.2) is 0 Å². The predicted molar refractivity (Wildman–Crippen MR) is 111 cm³/mol. The lowest BCUT2D eigenvalue weighted by atomic mass is 10.1. The quantitative estimate of drug-likeness (QED) is 0.523. The lowest BCUT2D eigenvalue weighted by Crippen LogP contribution is -2.41. The van der Waals surface area contributed by atoms with Crippen molar-refractivity contribution in [2.24, 2.45) is 5.73 Å².